The minimum absolute atomic E-state index is 0.0391. The number of carbonyl (C=O) groups is 1. The molecule has 0 saturated carbocycles. The van der Waals surface area contributed by atoms with Crippen molar-refractivity contribution in [2.24, 2.45) is 0 Å². The van der Waals surface area contributed by atoms with Crippen LogP contribution in [-0.2, 0) is 0 Å². The van der Waals surface area contributed by atoms with Gasteiger partial charge in [0.1, 0.15) is 17.0 Å². The summed E-state index contributed by atoms with van der Waals surface area (Å²) in [6.07, 6.45) is 1.49. The Morgan fingerprint density at radius 1 is 1.08 bits per heavy atom. The highest BCUT2D eigenvalue weighted by molar-refractivity contribution is 7.21. The van der Waals surface area contributed by atoms with Crippen molar-refractivity contribution in [2.75, 3.05) is 5.32 Å². The van der Waals surface area contributed by atoms with E-state index in [4.69, 9.17) is 11.6 Å². The van der Waals surface area contributed by atoms with Gasteiger partial charge in [-0.25, -0.2) is 14.8 Å². The van der Waals surface area contributed by atoms with Crippen molar-refractivity contribution in [2.45, 2.75) is 0 Å². The summed E-state index contributed by atoms with van der Waals surface area (Å²) in [6.45, 7) is 0. The van der Waals surface area contributed by atoms with Crippen molar-refractivity contribution in [3.8, 4) is 10.4 Å². The van der Waals surface area contributed by atoms with E-state index in [1.165, 1.54) is 12.4 Å². The van der Waals surface area contributed by atoms with Gasteiger partial charge in [-0.3, -0.25) is 0 Å². The number of halogens is 1. The number of thiophene rings is 1. The molecule has 128 valence electrons. The van der Waals surface area contributed by atoms with Crippen molar-refractivity contribution in [1.82, 2.24) is 9.97 Å². The van der Waals surface area contributed by atoms with Gasteiger partial charge in [0.2, 0.25) is 0 Å². The van der Waals surface area contributed by atoms with Crippen LogP contribution in [0.3, 0.4) is 0 Å². The predicted molar refractivity (Wildman–Crippen MR) is 105 cm³/mol. The van der Waals surface area contributed by atoms with Crippen molar-refractivity contribution < 1.29 is 9.90 Å². The number of aromatic carboxylic acids is 1. The standard InChI is InChI=1S/C19H12ClN3O2S/c20-15-7-6-12(8-13(15)19(24)25)23-17-14-9-16(11-4-2-1-3-5-11)26-18(14)22-10-21-17/h1-10H,(H,24,25)(H,21,22,23). The van der Waals surface area contributed by atoms with Crippen LogP contribution in [0.2, 0.25) is 5.02 Å². The van der Waals surface area contributed by atoms with Crippen molar-refractivity contribution >= 4 is 50.6 Å². The zero-order chi connectivity index (χ0) is 18.1. The molecule has 0 atom stereocenters. The minimum Gasteiger partial charge on any atom is -0.478 e. The lowest BCUT2D eigenvalue weighted by Crippen LogP contribution is -2.00. The molecule has 4 aromatic rings. The lowest BCUT2D eigenvalue weighted by atomic mass is 10.2. The Bertz CT molecular complexity index is 1110. The molecule has 0 aliphatic heterocycles. The Labute approximate surface area is 157 Å². The SMILES string of the molecule is O=C(O)c1cc(Nc2ncnc3sc(-c4ccccc4)cc23)ccc1Cl. The molecule has 7 heteroatoms. The Morgan fingerprint density at radius 2 is 1.88 bits per heavy atom. The first kappa shape index (κ1) is 16.5. The first-order valence-electron chi connectivity index (χ1n) is 7.71. The fourth-order valence-corrected chi connectivity index (χ4v) is 3.81. The van der Waals surface area contributed by atoms with Crippen LogP contribution in [0.5, 0.6) is 0 Å². The molecule has 2 N–H and O–H groups in total. The van der Waals surface area contributed by atoms with Crippen LogP contribution in [0.1, 0.15) is 10.4 Å². The Hall–Kier alpha value is -2.96. The average molecular weight is 382 g/mol. The van der Waals surface area contributed by atoms with Crippen LogP contribution in [0.15, 0.2) is 60.9 Å². The van der Waals surface area contributed by atoms with Crippen molar-refractivity contribution in [1.29, 1.82) is 0 Å². The van der Waals surface area contributed by atoms with E-state index in [-0.39, 0.29) is 10.6 Å². The number of nitrogens with zero attached hydrogens (tertiary/aromatic N) is 2. The van der Waals surface area contributed by atoms with E-state index in [0.29, 0.717) is 11.5 Å². The summed E-state index contributed by atoms with van der Waals surface area (Å²) in [5.41, 5.74) is 1.75. The molecule has 5 nitrogen and oxygen atoms in total. The summed E-state index contributed by atoms with van der Waals surface area (Å²) < 4.78 is 0. The first-order chi connectivity index (χ1) is 12.6. The van der Waals surface area contributed by atoms with E-state index in [9.17, 15) is 9.90 Å². The van der Waals surface area contributed by atoms with Gasteiger partial charge in [0, 0.05) is 10.6 Å². The maximum Gasteiger partial charge on any atom is 0.337 e. The molecule has 0 amide bonds. The number of anilines is 2. The zero-order valence-electron chi connectivity index (χ0n) is 13.3. The number of fused-ring (bicyclic) bond motifs is 1. The number of carboxylic acid groups (broad SMARTS) is 1. The first-order valence-corrected chi connectivity index (χ1v) is 8.91. The molecule has 0 aliphatic carbocycles. The van der Waals surface area contributed by atoms with Gasteiger partial charge in [0.25, 0.3) is 0 Å². The molecule has 0 fully saturated rings. The van der Waals surface area contributed by atoms with Gasteiger partial charge in [0.05, 0.1) is 16.0 Å². The fraction of sp³-hybridized carbons (Fsp3) is 0. The van der Waals surface area contributed by atoms with Crippen LogP contribution in [0.25, 0.3) is 20.7 Å². The van der Waals surface area contributed by atoms with Crippen LogP contribution in [-0.4, -0.2) is 21.0 Å². The molecule has 2 aromatic heterocycles. The van der Waals surface area contributed by atoms with E-state index in [2.05, 4.69) is 15.3 Å². The molecule has 2 aromatic carbocycles. The maximum atomic E-state index is 11.3. The molecule has 26 heavy (non-hydrogen) atoms. The van der Waals surface area contributed by atoms with E-state index in [1.807, 2.05) is 36.4 Å². The minimum atomic E-state index is -1.08. The van der Waals surface area contributed by atoms with Gasteiger partial charge in [-0.1, -0.05) is 41.9 Å². The highest BCUT2D eigenvalue weighted by Gasteiger charge is 2.13. The number of benzene rings is 2. The predicted octanol–water partition coefficient (Wildman–Crippen LogP) is 5.45. The second kappa shape index (κ2) is 6.74. The summed E-state index contributed by atoms with van der Waals surface area (Å²) in [5, 5.41) is 13.5. The molecule has 2 heterocycles. The van der Waals surface area contributed by atoms with E-state index in [0.717, 1.165) is 20.7 Å². The van der Waals surface area contributed by atoms with Crippen LogP contribution >= 0.6 is 22.9 Å². The van der Waals surface area contributed by atoms with Crippen molar-refractivity contribution in [3.63, 3.8) is 0 Å². The number of rotatable bonds is 4. The van der Waals surface area contributed by atoms with Gasteiger partial charge >= 0.3 is 5.97 Å². The average Bonchev–Trinajstić information content (AvgIpc) is 3.09. The van der Waals surface area contributed by atoms with Crippen LogP contribution in [0.4, 0.5) is 11.5 Å². The number of carboxylic acids is 1. The molecular weight excluding hydrogens is 370 g/mol. The number of aromatic nitrogens is 2. The lowest BCUT2D eigenvalue weighted by Gasteiger charge is -2.08. The van der Waals surface area contributed by atoms with Gasteiger partial charge in [-0.15, -0.1) is 11.3 Å². The fourth-order valence-electron chi connectivity index (χ4n) is 2.60. The smallest absolute Gasteiger partial charge is 0.337 e. The second-order valence-corrected chi connectivity index (χ2v) is 6.98. The largest absolute Gasteiger partial charge is 0.478 e. The number of hydrogen-bond acceptors (Lipinski definition) is 5. The summed E-state index contributed by atoms with van der Waals surface area (Å²) in [7, 11) is 0. The lowest BCUT2D eigenvalue weighted by molar-refractivity contribution is 0.0697. The van der Waals surface area contributed by atoms with E-state index >= 15 is 0 Å². The third-order valence-corrected chi connectivity index (χ3v) is 5.27. The summed E-state index contributed by atoms with van der Waals surface area (Å²) in [5.74, 6) is -0.458. The molecular formula is C19H12ClN3O2S. The summed E-state index contributed by atoms with van der Waals surface area (Å²) in [4.78, 5) is 21.9. The van der Waals surface area contributed by atoms with E-state index < -0.39 is 5.97 Å². The third-order valence-electron chi connectivity index (χ3n) is 3.85. The molecule has 0 unspecified atom stereocenters. The molecule has 0 radical (unpaired) electrons. The highest BCUT2D eigenvalue weighted by atomic mass is 35.5. The molecule has 0 spiro atoms. The topological polar surface area (TPSA) is 75.1 Å². The van der Waals surface area contributed by atoms with Gasteiger partial charge in [-0.2, -0.15) is 0 Å². The second-order valence-electron chi connectivity index (χ2n) is 5.54. The summed E-state index contributed by atoms with van der Waals surface area (Å²) >= 11 is 7.51. The van der Waals surface area contributed by atoms with Gasteiger partial charge < -0.3 is 10.4 Å². The van der Waals surface area contributed by atoms with Gasteiger partial charge in [0.15, 0.2) is 0 Å². The van der Waals surface area contributed by atoms with Crippen LogP contribution < -0.4 is 5.32 Å². The zero-order valence-corrected chi connectivity index (χ0v) is 14.9. The Kier molecular flexibility index (Phi) is 4.28. The normalized spacial score (nSPS) is 10.8. The third kappa shape index (κ3) is 3.12. The molecule has 4 rings (SSSR count). The van der Waals surface area contributed by atoms with Gasteiger partial charge in [-0.05, 0) is 29.8 Å². The molecule has 0 saturated heterocycles. The summed E-state index contributed by atoms with van der Waals surface area (Å²) in [6, 6.07) is 16.8. The number of hydrogen-bond donors (Lipinski definition) is 2. The Morgan fingerprint density at radius 3 is 2.65 bits per heavy atom. The maximum absolute atomic E-state index is 11.3. The molecule has 0 bridgehead atoms. The number of nitrogens with one attached hydrogen (secondary N) is 1. The highest BCUT2D eigenvalue weighted by Crippen LogP contribution is 2.35. The molecule has 0 aliphatic rings. The Balaban J connectivity index is 1.74. The van der Waals surface area contributed by atoms with E-state index in [1.54, 1.807) is 23.5 Å². The van der Waals surface area contributed by atoms with Crippen molar-refractivity contribution in [3.05, 3.63) is 71.5 Å². The quantitative estimate of drug-likeness (QED) is 0.491. The van der Waals surface area contributed by atoms with Crippen LogP contribution in [0, 0.1) is 0 Å². The monoisotopic (exact) mass is 381 g/mol.